The molecule has 0 aromatic carbocycles. The summed E-state index contributed by atoms with van der Waals surface area (Å²) in [7, 11) is 0. The van der Waals surface area contributed by atoms with Crippen LogP contribution >= 0.6 is 0 Å². The summed E-state index contributed by atoms with van der Waals surface area (Å²) in [5.41, 5.74) is 0. The van der Waals surface area contributed by atoms with E-state index >= 15 is 0 Å². The molecule has 4 rings (SSSR count). The number of hydrogen-bond acceptors (Lipinski definition) is 3. The van der Waals surface area contributed by atoms with E-state index in [9.17, 15) is 9.59 Å². The quantitative estimate of drug-likeness (QED) is 0.696. The number of ether oxygens (including phenoxy) is 1. The first kappa shape index (κ1) is 13.6. The van der Waals surface area contributed by atoms with Gasteiger partial charge in [0.1, 0.15) is 6.10 Å². The molecule has 3 heterocycles. The van der Waals surface area contributed by atoms with Gasteiger partial charge in [-0.15, -0.1) is 0 Å². The maximum atomic E-state index is 12.5. The highest BCUT2D eigenvalue weighted by Gasteiger charge is 2.62. The van der Waals surface area contributed by atoms with Gasteiger partial charge < -0.3 is 9.64 Å². The Morgan fingerprint density at radius 1 is 1.24 bits per heavy atom. The zero-order valence-electron chi connectivity index (χ0n) is 13.0. The smallest absolute Gasteiger partial charge is 0.309 e. The number of rotatable bonds is 1. The van der Waals surface area contributed by atoms with E-state index in [0.29, 0.717) is 36.1 Å². The lowest BCUT2D eigenvalue weighted by Gasteiger charge is -2.47. The van der Waals surface area contributed by atoms with Crippen molar-refractivity contribution in [3.05, 3.63) is 0 Å². The number of hydrogen-bond donors (Lipinski definition) is 0. The molecule has 116 valence electrons. The minimum Gasteiger partial charge on any atom is -0.462 e. The van der Waals surface area contributed by atoms with Crippen molar-refractivity contribution in [1.82, 2.24) is 4.90 Å². The van der Waals surface area contributed by atoms with Gasteiger partial charge in [0.05, 0.1) is 5.92 Å². The molecule has 4 aliphatic rings. The summed E-state index contributed by atoms with van der Waals surface area (Å²) in [5.74, 6) is 1.83. The Labute approximate surface area is 126 Å². The maximum absolute atomic E-state index is 12.5. The van der Waals surface area contributed by atoms with Crippen LogP contribution in [0.3, 0.4) is 0 Å². The van der Waals surface area contributed by atoms with Crippen molar-refractivity contribution in [2.75, 3.05) is 6.54 Å². The first-order valence-corrected chi connectivity index (χ1v) is 8.63. The second kappa shape index (κ2) is 4.72. The molecule has 4 nitrogen and oxygen atoms in total. The van der Waals surface area contributed by atoms with Crippen LogP contribution in [-0.4, -0.2) is 35.5 Å². The highest BCUT2D eigenvalue weighted by atomic mass is 16.6. The van der Waals surface area contributed by atoms with E-state index < -0.39 is 0 Å². The first-order valence-electron chi connectivity index (χ1n) is 8.63. The number of amides is 1. The zero-order valence-corrected chi connectivity index (χ0v) is 13.0. The molecular formula is C17H25NO3. The normalized spacial score (nSPS) is 48.7. The van der Waals surface area contributed by atoms with Crippen molar-refractivity contribution in [3.63, 3.8) is 0 Å². The summed E-state index contributed by atoms with van der Waals surface area (Å²) in [5, 5.41) is 0. The number of fused-ring (bicyclic) bond motifs is 2. The number of carbonyl (C=O) groups is 2. The Morgan fingerprint density at radius 2 is 2.05 bits per heavy atom. The molecule has 1 aliphatic carbocycles. The Hall–Kier alpha value is -1.06. The lowest BCUT2D eigenvalue weighted by molar-refractivity contribution is -0.148. The van der Waals surface area contributed by atoms with Crippen molar-refractivity contribution in [1.29, 1.82) is 0 Å². The SMILES string of the molecule is CC[C@@H]1[C@H]2CCCCN3C(=O)C[C@H](C4[C@H](C)C(=O)O[C@H]41)[C@@H]23. The summed E-state index contributed by atoms with van der Waals surface area (Å²) in [6.45, 7) is 5.14. The second-order valence-electron chi connectivity index (χ2n) is 7.44. The van der Waals surface area contributed by atoms with E-state index in [0.717, 1.165) is 19.4 Å². The molecule has 3 saturated heterocycles. The van der Waals surface area contributed by atoms with Gasteiger partial charge in [-0.1, -0.05) is 20.3 Å². The molecule has 0 aromatic heterocycles. The van der Waals surface area contributed by atoms with Crippen molar-refractivity contribution in [3.8, 4) is 0 Å². The number of esters is 1. The zero-order chi connectivity index (χ0) is 14.7. The number of nitrogens with zero attached hydrogens (tertiary/aromatic N) is 1. The average molecular weight is 291 g/mol. The van der Waals surface area contributed by atoms with E-state index in [4.69, 9.17) is 4.74 Å². The van der Waals surface area contributed by atoms with Crippen LogP contribution in [0.5, 0.6) is 0 Å². The monoisotopic (exact) mass is 291 g/mol. The summed E-state index contributed by atoms with van der Waals surface area (Å²) >= 11 is 0. The Balaban J connectivity index is 1.77. The minimum atomic E-state index is -0.0363. The molecule has 7 atom stereocenters. The van der Waals surface area contributed by atoms with E-state index in [2.05, 4.69) is 11.8 Å². The van der Waals surface area contributed by atoms with Crippen LogP contribution in [0.25, 0.3) is 0 Å². The van der Waals surface area contributed by atoms with Crippen molar-refractivity contribution in [2.45, 2.75) is 58.1 Å². The summed E-state index contributed by atoms with van der Waals surface area (Å²) in [6, 6.07) is 0.378. The molecule has 0 radical (unpaired) electrons. The summed E-state index contributed by atoms with van der Waals surface area (Å²) < 4.78 is 5.79. The van der Waals surface area contributed by atoms with Gasteiger partial charge in [-0.2, -0.15) is 0 Å². The fraction of sp³-hybridized carbons (Fsp3) is 0.882. The predicted octanol–water partition coefficient (Wildman–Crippen LogP) is 2.22. The Morgan fingerprint density at radius 3 is 2.81 bits per heavy atom. The molecule has 1 unspecified atom stereocenters. The Kier molecular flexibility index (Phi) is 3.05. The van der Waals surface area contributed by atoms with Crippen LogP contribution < -0.4 is 0 Å². The van der Waals surface area contributed by atoms with Gasteiger partial charge in [0, 0.05) is 30.8 Å². The van der Waals surface area contributed by atoms with Crippen LogP contribution in [-0.2, 0) is 14.3 Å². The molecule has 3 aliphatic heterocycles. The molecule has 0 bridgehead atoms. The van der Waals surface area contributed by atoms with Crippen molar-refractivity contribution < 1.29 is 14.3 Å². The third-order valence-electron chi connectivity index (χ3n) is 6.67. The van der Waals surface area contributed by atoms with E-state index in [-0.39, 0.29) is 23.9 Å². The molecule has 21 heavy (non-hydrogen) atoms. The van der Waals surface area contributed by atoms with Crippen LogP contribution in [0.2, 0.25) is 0 Å². The third kappa shape index (κ3) is 1.74. The van der Waals surface area contributed by atoms with Crippen LogP contribution in [0.4, 0.5) is 0 Å². The van der Waals surface area contributed by atoms with E-state index in [1.165, 1.54) is 12.8 Å². The Bertz CT molecular complexity index is 477. The van der Waals surface area contributed by atoms with Gasteiger partial charge in [0.25, 0.3) is 0 Å². The molecule has 0 aromatic rings. The van der Waals surface area contributed by atoms with Gasteiger partial charge in [-0.05, 0) is 31.1 Å². The third-order valence-corrected chi connectivity index (χ3v) is 6.67. The standard InChI is InChI=1S/C17H25NO3/c1-3-10-11-6-4-5-7-18-13(19)8-12(15(11)18)14-9(2)17(20)21-16(10)14/h9-12,14-16H,3-8H2,1-2H3/t9-,10+,11+,12+,14?,15+,16-/m0/s1. The minimum absolute atomic E-state index is 0.0361. The number of carbonyl (C=O) groups excluding carboxylic acids is 2. The highest BCUT2D eigenvalue weighted by Crippen LogP contribution is 2.55. The summed E-state index contributed by atoms with van der Waals surface area (Å²) in [6.07, 6.45) is 5.28. The molecule has 4 fully saturated rings. The van der Waals surface area contributed by atoms with E-state index in [1.54, 1.807) is 0 Å². The fourth-order valence-corrected chi connectivity index (χ4v) is 5.85. The van der Waals surface area contributed by atoms with E-state index in [1.807, 2.05) is 6.92 Å². The highest BCUT2D eigenvalue weighted by molar-refractivity contribution is 5.81. The van der Waals surface area contributed by atoms with Crippen LogP contribution in [0, 0.1) is 29.6 Å². The van der Waals surface area contributed by atoms with Crippen LogP contribution in [0.15, 0.2) is 0 Å². The lowest BCUT2D eigenvalue weighted by atomic mass is 9.60. The largest absolute Gasteiger partial charge is 0.462 e. The predicted molar refractivity (Wildman–Crippen MR) is 77.3 cm³/mol. The van der Waals surface area contributed by atoms with Gasteiger partial charge in [-0.3, -0.25) is 9.59 Å². The van der Waals surface area contributed by atoms with Crippen molar-refractivity contribution in [2.24, 2.45) is 29.6 Å². The molecule has 1 saturated carbocycles. The second-order valence-corrected chi connectivity index (χ2v) is 7.44. The van der Waals surface area contributed by atoms with Crippen molar-refractivity contribution >= 4 is 11.9 Å². The molecule has 0 spiro atoms. The van der Waals surface area contributed by atoms with Gasteiger partial charge >= 0.3 is 5.97 Å². The maximum Gasteiger partial charge on any atom is 0.309 e. The van der Waals surface area contributed by atoms with Gasteiger partial charge in [0.2, 0.25) is 5.91 Å². The van der Waals surface area contributed by atoms with Crippen LogP contribution in [0.1, 0.15) is 46.0 Å². The lowest BCUT2D eigenvalue weighted by Crippen LogP contribution is -2.53. The van der Waals surface area contributed by atoms with Gasteiger partial charge in [-0.25, -0.2) is 0 Å². The topological polar surface area (TPSA) is 46.6 Å². The fourth-order valence-electron chi connectivity index (χ4n) is 5.85. The molecule has 1 amide bonds. The molecule has 4 heteroatoms. The summed E-state index contributed by atoms with van der Waals surface area (Å²) in [4.78, 5) is 26.8. The first-order chi connectivity index (χ1) is 10.1. The molecule has 0 N–H and O–H groups in total. The molecular weight excluding hydrogens is 266 g/mol. The van der Waals surface area contributed by atoms with Gasteiger partial charge in [0.15, 0.2) is 0 Å². The average Bonchev–Trinajstić information content (AvgIpc) is 2.82.